The van der Waals surface area contributed by atoms with Crippen LogP contribution in [0.25, 0.3) is 0 Å². The fourth-order valence-corrected chi connectivity index (χ4v) is 2.17. The van der Waals surface area contributed by atoms with Gasteiger partial charge in [-0.05, 0) is 32.1 Å². The first-order valence-corrected chi connectivity index (χ1v) is 6.25. The van der Waals surface area contributed by atoms with Gasteiger partial charge in [-0.15, -0.1) is 0 Å². The number of nitrogens with one attached hydrogen (secondary N) is 1. The van der Waals surface area contributed by atoms with Crippen molar-refractivity contribution in [1.82, 2.24) is 5.32 Å². The van der Waals surface area contributed by atoms with E-state index in [1.807, 2.05) is 0 Å². The van der Waals surface area contributed by atoms with Crippen LogP contribution in [0.3, 0.4) is 0 Å². The van der Waals surface area contributed by atoms with E-state index in [1.165, 1.54) is 0 Å². The molecular formula is C12H24N2O3. The van der Waals surface area contributed by atoms with Crippen molar-refractivity contribution in [1.29, 1.82) is 0 Å². The highest BCUT2D eigenvalue weighted by Gasteiger charge is 2.26. The molecule has 3 unspecified atom stereocenters. The summed E-state index contributed by atoms with van der Waals surface area (Å²) in [6.07, 6.45) is 4.66. The van der Waals surface area contributed by atoms with Gasteiger partial charge in [-0.25, -0.2) is 0 Å². The summed E-state index contributed by atoms with van der Waals surface area (Å²) in [7, 11) is 3.36. The normalized spacial score (nSPS) is 25.8. The van der Waals surface area contributed by atoms with Crippen molar-refractivity contribution in [3.63, 3.8) is 0 Å². The van der Waals surface area contributed by atoms with Gasteiger partial charge in [-0.2, -0.15) is 0 Å². The SMILES string of the molecule is COCCCC(N)C(=O)NC1CCC(OC)C1. The Labute approximate surface area is 103 Å². The Balaban J connectivity index is 2.19. The zero-order chi connectivity index (χ0) is 12.7. The second-order valence-corrected chi connectivity index (χ2v) is 4.62. The highest BCUT2D eigenvalue weighted by Crippen LogP contribution is 2.21. The highest BCUT2D eigenvalue weighted by atomic mass is 16.5. The van der Waals surface area contributed by atoms with E-state index >= 15 is 0 Å². The molecule has 100 valence electrons. The van der Waals surface area contributed by atoms with E-state index in [0.29, 0.717) is 13.0 Å². The Morgan fingerprint density at radius 3 is 2.82 bits per heavy atom. The molecule has 0 bridgehead atoms. The van der Waals surface area contributed by atoms with Crippen LogP contribution in [0.2, 0.25) is 0 Å². The minimum Gasteiger partial charge on any atom is -0.385 e. The van der Waals surface area contributed by atoms with Gasteiger partial charge in [0.05, 0.1) is 12.1 Å². The zero-order valence-electron chi connectivity index (χ0n) is 10.8. The summed E-state index contributed by atoms with van der Waals surface area (Å²) in [6, 6.07) is -0.201. The van der Waals surface area contributed by atoms with Crippen molar-refractivity contribution in [2.75, 3.05) is 20.8 Å². The second-order valence-electron chi connectivity index (χ2n) is 4.62. The number of hydrogen-bond acceptors (Lipinski definition) is 4. The first kappa shape index (κ1) is 14.4. The van der Waals surface area contributed by atoms with E-state index in [9.17, 15) is 4.79 Å². The van der Waals surface area contributed by atoms with Gasteiger partial charge in [-0.1, -0.05) is 0 Å². The van der Waals surface area contributed by atoms with Gasteiger partial charge in [0.15, 0.2) is 0 Å². The molecular weight excluding hydrogens is 220 g/mol. The maximum atomic E-state index is 11.8. The summed E-state index contributed by atoms with van der Waals surface area (Å²) in [5.74, 6) is -0.0529. The number of hydrogen-bond donors (Lipinski definition) is 2. The van der Waals surface area contributed by atoms with Gasteiger partial charge in [0, 0.05) is 26.9 Å². The van der Waals surface area contributed by atoms with E-state index in [4.69, 9.17) is 15.2 Å². The minimum absolute atomic E-state index is 0.0529. The van der Waals surface area contributed by atoms with E-state index in [-0.39, 0.29) is 18.1 Å². The molecule has 1 saturated carbocycles. The molecule has 1 rings (SSSR count). The lowest BCUT2D eigenvalue weighted by Gasteiger charge is -2.16. The average molecular weight is 244 g/mol. The lowest BCUT2D eigenvalue weighted by molar-refractivity contribution is -0.123. The van der Waals surface area contributed by atoms with Crippen molar-refractivity contribution >= 4 is 5.91 Å². The van der Waals surface area contributed by atoms with Crippen LogP contribution in [0.4, 0.5) is 0 Å². The molecule has 0 aromatic heterocycles. The van der Waals surface area contributed by atoms with E-state index in [0.717, 1.165) is 25.7 Å². The summed E-state index contributed by atoms with van der Waals surface area (Å²) in [5, 5.41) is 2.99. The highest BCUT2D eigenvalue weighted by molar-refractivity contribution is 5.81. The van der Waals surface area contributed by atoms with E-state index < -0.39 is 6.04 Å². The van der Waals surface area contributed by atoms with Crippen LogP contribution in [0.1, 0.15) is 32.1 Å². The van der Waals surface area contributed by atoms with Crippen LogP contribution in [0, 0.1) is 0 Å². The molecule has 0 aromatic carbocycles. The number of methoxy groups -OCH3 is 2. The number of ether oxygens (including phenoxy) is 2. The van der Waals surface area contributed by atoms with Gasteiger partial charge in [0.2, 0.25) is 5.91 Å². The molecule has 0 saturated heterocycles. The summed E-state index contributed by atoms with van der Waals surface area (Å²) < 4.78 is 10.2. The molecule has 5 nitrogen and oxygen atoms in total. The molecule has 0 aliphatic heterocycles. The maximum absolute atomic E-state index is 11.8. The van der Waals surface area contributed by atoms with Gasteiger partial charge >= 0.3 is 0 Å². The van der Waals surface area contributed by atoms with Crippen LogP contribution in [-0.4, -0.2) is 44.9 Å². The van der Waals surface area contributed by atoms with Crippen molar-refractivity contribution in [3.8, 4) is 0 Å². The van der Waals surface area contributed by atoms with E-state index in [1.54, 1.807) is 14.2 Å². The van der Waals surface area contributed by atoms with Crippen LogP contribution in [0.15, 0.2) is 0 Å². The number of carbonyl (C=O) groups excluding carboxylic acids is 1. The molecule has 3 atom stereocenters. The summed E-state index contributed by atoms with van der Waals surface area (Å²) in [5.41, 5.74) is 5.80. The molecule has 1 aliphatic carbocycles. The fourth-order valence-electron chi connectivity index (χ4n) is 2.17. The average Bonchev–Trinajstić information content (AvgIpc) is 2.77. The summed E-state index contributed by atoms with van der Waals surface area (Å²) in [4.78, 5) is 11.8. The lowest BCUT2D eigenvalue weighted by Crippen LogP contribution is -2.44. The lowest BCUT2D eigenvalue weighted by atomic mass is 10.1. The fraction of sp³-hybridized carbons (Fsp3) is 0.917. The molecule has 1 fully saturated rings. The van der Waals surface area contributed by atoms with Gasteiger partial charge in [0.1, 0.15) is 0 Å². The number of rotatable bonds is 7. The second kappa shape index (κ2) is 7.63. The van der Waals surface area contributed by atoms with Crippen LogP contribution in [-0.2, 0) is 14.3 Å². The Bertz CT molecular complexity index is 236. The first-order chi connectivity index (χ1) is 8.17. The third-order valence-corrected chi connectivity index (χ3v) is 3.26. The molecule has 0 aromatic rings. The van der Waals surface area contributed by atoms with Crippen molar-refractivity contribution in [2.45, 2.75) is 50.3 Å². The standard InChI is InChI=1S/C12H24N2O3/c1-16-7-3-4-11(13)12(15)14-9-5-6-10(8-9)17-2/h9-11H,3-8,13H2,1-2H3,(H,14,15). The Hall–Kier alpha value is -0.650. The van der Waals surface area contributed by atoms with Crippen molar-refractivity contribution < 1.29 is 14.3 Å². The predicted octanol–water partition coefficient (Wildman–Crippen LogP) is 0.424. The topological polar surface area (TPSA) is 73.6 Å². The Morgan fingerprint density at radius 1 is 1.47 bits per heavy atom. The van der Waals surface area contributed by atoms with Crippen LogP contribution in [0.5, 0.6) is 0 Å². The number of carbonyl (C=O) groups is 1. The largest absolute Gasteiger partial charge is 0.385 e. The third-order valence-electron chi connectivity index (χ3n) is 3.26. The smallest absolute Gasteiger partial charge is 0.237 e. The quantitative estimate of drug-likeness (QED) is 0.637. The number of nitrogens with two attached hydrogens (primary N) is 1. The van der Waals surface area contributed by atoms with Gasteiger partial charge in [0.25, 0.3) is 0 Å². The molecule has 1 amide bonds. The molecule has 1 aliphatic rings. The van der Waals surface area contributed by atoms with Crippen molar-refractivity contribution in [2.24, 2.45) is 5.73 Å². The summed E-state index contributed by atoms with van der Waals surface area (Å²) >= 11 is 0. The molecule has 0 spiro atoms. The zero-order valence-corrected chi connectivity index (χ0v) is 10.8. The molecule has 0 heterocycles. The molecule has 5 heteroatoms. The van der Waals surface area contributed by atoms with Crippen LogP contribution >= 0.6 is 0 Å². The Morgan fingerprint density at radius 2 is 2.24 bits per heavy atom. The minimum atomic E-state index is -0.424. The first-order valence-electron chi connectivity index (χ1n) is 6.25. The van der Waals surface area contributed by atoms with E-state index in [2.05, 4.69) is 5.32 Å². The molecule has 0 radical (unpaired) electrons. The number of amides is 1. The summed E-state index contributed by atoms with van der Waals surface area (Å²) in [6.45, 7) is 0.649. The van der Waals surface area contributed by atoms with Gasteiger partial charge < -0.3 is 20.5 Å². The monoisotopic (exact) mass is 244 g/mol. The predicted molar refractivity (Wildman–Crippen MR) is 65.7 cm³/mol. The maximum Gasteiger partial charge on any atom is 0.237 e. The Kier molecular flexibility index (Phi) is 6.47. The van der Waals surface area contributed by atoms with Gasteiger partial charge in [-0.3, -0.25) is 4.79 Å². The molecule has 3 N–H and O–H groups in total. The third kappa shape index (κ3) is 5.02. The molecule has 17 heavy (non-hydrogen) atoms. The van der Waals surface area contributed by atoms with Crippen molar-refractivity contribution in [3.05, 3.63) is 0 Å². The van der Waals surface area contributed by atoms with Crippen LogP contribution < -0.4 is 11.1 Å².